The Labute approximate surface area is 146 Å². The first-order valence-corrected chi connectivity index (χ1v) is 8.75. The molecule has 3 aliphatic heterocycles. The quantitative estimate of drug-likeness (QED) is 0.889. The zero-order valence-electron chi connectivity index (χ0n) is 13.5. The van der Waals surface area contributed by atoms with Crippen molar-refractivity contribution < 1.29 is 14.3 Å². The third-order valence-corrected chi connectivity index (χ3v) is 5.29. The molecule has 0 unspecified atom stereocenters. The SMILES string of the molecule is O=C1COC2(CCN(CC3=Cc4cc(Cl)ccc4OC3)CC2)CN1. The minimum atomic E-state index is -0.165. The maximum absolute atomic E-state index is 11.3. The van der Waals surface area contributed by atoms with Gasteiger partial charge in [-0.15, -0.1) is 0 Å². The lowest BCUT2D eigenvalue weighted by Gasteiger charge is -2.43. The first kappa shape index (κ1) is 15.9. The van der Waals surface area contributed by atoms with Gasteiger partial charge in [0.15, 0.2) is 0 Å². The molecule has 0 radical (unpaired) electrons. The molecule has 6 heteroatoms. The summed E-state index contributed by atoms with van der Waals surface area (Å²) in [6, 6.07) is 5.72. The topological polar surface area (TPSA) is 50.8 Å². The van der Waals surface area contributed by atoms with E-state index in [0.29, 0.717) is 13.2 Å². The molecule has 3 heterocycles. The van der Waals surface area contributed by atoms with Crippen molar-refractivity contribution in [1.29, 1.82) is 0 Å². The van der Waals surface area contributed by atoms with Crippen LogP contribution in [-0.4, -0.2) is 55.8 Å². The Hall–Kier alpha value is -1.56. The summed E-state index contributed by atoms with van der Waals surface area (Å²) in [5, 5.41) is 3.66. The van der Waals surface area contributed by atoms with Gasteiger partial charge in [0.25, 0.3) is 0 Å². The Morgan fingerprint density at radius 2 is 2.08 bits per heavy atom. The fourth-order valence-corrected chi connectivity index (χ4v) is 3.77. The molecule has 1 aromatic carbocycles. The molecule has 2 saturated heterocycles. The van der Waals surface area contributed by atoms with Gasteiger partial charge in [0.05, 0.1) is 5.60 Å². The molecule has 0 atom stereocenters. The fourth-order valence-electron chi connectivity index (χ4n) is 3.59. The van der Waals surface area contributed by atoms with Crippen LogP contribution in [0.2, 0.25) is 5.02 Å². The van der Waals surface area contributed by atoms with Crippen molar-refractivity contribution in [2.45, 2.75) is 18.4 Å². The molecule has 0 aliphatic carbocycles. The van der Waals surface area contributed by atoms with E-state index in [1.165, 1.54) is 5.57 Å². The number of hydrogen-bond donors (Lipinski definition) is 1. The first-order valence-electron chi connectivity index (χ1n) is 8.37. The Morgan fingerprint density at radius 3 is 2.83 bits per heavy atom. The maximum atomic E-state index is 11.3. The smallest absolute Gasteiger partial charge is 0.246 e. The molecule has 1 aromatic rings. The molecule has 0 saturated carbocycles. The molecule has 4 rings (SSSR count). The van der Waals surface area contributed by atoms with Gasteiger partial charge in [-0.1, -0.05) is 11.6 Å². The lowest BCUT2D eigenvalue weighted by molar-refractivity contribution is -0.150. The van der Waals surface area contributed by atoms with Crippen molar-refractivity contribution in [1.82, 2.24) is 10.2 Å². The van der Waals surface area contributed by atoms with Crippen molar-refractivity contribution in [3.63, 3.8) is 0 Å². The lowest BCUT2D eigenvalue weighted by Crippen LogP contribution is -2.57. The Bertz CT molecular complexity index is 669. The van der Waals surface area contributed by atoms with Crippen molar-refractivity contribution in [3.05, 3.63) is 34.4 Å². The molecule has 3 aliphatic rings. The molecular formula is C18H21ClN2O3. The number of benzene rings is 1. The number of likely N-dealkylation sites (tertiary alicyclic amines) is 1. The summed E-state index contributed by atoms with van der Waals surface area (Å²) >= 11 is 6.07. The minimum Gasteiger partial charge on any atom is -0.489 e. The van der Waals surface area contributed by atoms with Crippen LogP contribution < -0.4 is 10.1 Å². The van der Waals surface area contributed by atoms with Crippen LogP contribution in [0, 0.1) is 0 Å². The standard InChI is InChI=1S/C18H21ClN2O3/c19-15-1-2-16-14(8-15)7-13(10-23-16)9-21-5-3-18(4-6-21)12-20-17(22)11-24-18/h1-2,7-8H,3-6,9-12H2,(H,20,22). The molecule has 1 N–H and O–H groups in total. The van der Waals surface area contributed by atoms with Crippen LogP contribution in [0.25, 0.3) is 6.08 Å². The number of carbonyl (C=O) groups excluding carboxylic acids is 1. The fraction of sp³-hybridized carbons (Fsp3) is 0.500. The summed E-state index contributed by atoms with van der Waals surface area (Å²) in [5.41, 5.74) is 2.15. The zero-order chi connectivity index (χ0) is 16.6. The predicted molar refractivity (Wildman–Crippen MR) is 92.3 cm³/mol. The van der Waals surface area contributed by atoms with Crippen LogP contribution in [0.1, 0.15) is 18.4 Å². The van der Waals surface area contributed by atoms with Crippen LogP contribution in [0.4, 0.5) is 0 Å². The van der Waals surface area contributed by atoms with Gasteiger partial charge < -0.3 is 14.8 Å². The van der Waals surface area contributed by atoms with Crippen molar-refractivity contribution in [3.8, 4) is 5.75 Å². The highest BCUT2D eigenvalue weighted by molar-refractivity contribution is 6.30. The van der Waals surface area contributed by atoms with Gasteiger partial charge >= 0.3 is 0 Å². The summed E-state index contributed by atoms with van der Waals surface area (Å²) < 4.78 is 11.7. The molecule has 1 amide bonds. The van der Waals surface area contributed by atoms with Gasteiger partial charge in [-0.25, -0.2) is 0 Å². The largest absolute Gasteiger partial charge is 0.489 e. The van der Waals surface area contributed by atoms with Crippen molar-refractivity contribution >= 4 is 23.6 Å². The normalized spacial score (nSPS) is 23.2. The van der Waals surface area contributed by atoms with E-state index in [2.05, 4.69) is 16.3 Å². The van der Waals surface area contributed by atoms with E-state index in [-0.39, 0.29) is 18.1 Å². The van der Waals surface area contributed by atoms with E-state index in [1.54, 1.807) is 0 Å². The molecule has 128 valence electrons. The number of nitrogens with zero attached hydrogens (tertiary/aromatic N) is 1. The number of nitrogens with one attached hydrogen (secondary N) is 1. The summed E-state index contributed by atoms with van der Waals surface area (Å²) in [6.07, 6.45) is 4.08. The second-order valence-corrected chi connectivity index (χ2v) is 7.23. The second kappa shape index (κ2) is 6.39. The molecule has 24 heavy (non-hydrogen) atoms. The number of fused-ring (bicyclic) bond motifs is 1. The van der Waals surface area contributed by atoms with E-state index in [0.717, 1.165) is 48.8 Å². The van der Waals surface area contributed by atoms with E-state index in [4.69, 9.17) is 21.1 Å². The molecule has 0 aromatic heterocycles. The van der Waals surface area contributed by atoms with Crippen LogP contribution >= 0.6 is 11.6 Å². The summed E-state index contributed by atoms with van der Waals surface area (Å²) in [5.74, 6) is 0.886. The number of halogens is 1. The Kier molecular flexibility index (Phi) is 4.24. The van der Waals surface area contributed by atoms with E-state index < -0.39 is 0 Å². The van der Waals surface area contributed by atoms with E-state index in [9.17, 15) is 4.79 Å². The zero-order valence-corrected chi connectivity index (χ0v) is 14.3. The molecule has 2 fully saturated rings. The third kappa shape index (κ3) is 3.29. The number of piperidine rings is 1. The minimum absolute atomic E-state index is 0.00936. The number of morpholine rings is 1. The number of carbonyl (C=O) groups is 1. The van der Waals surface area contributed by atoms with Crippen LogP contribution in [0.5, 0.6) is 5.75 Å². The van der Waals surface area contributed by atoms with E-state index >= 15 is 0 Å². The highest BCUT2D eigenvalue weighted by Crippen LogP contribution is 2.31. The second-order valence-electron chi connectivity index (χ2n) is 6.80. The van der Waals surface area contributed by atoms with Gasteiger partial charge in [0.1, 0.15) is 19.0 Å². The highest BCUT2D eigenvalue weighted by Gasteiger charge is 2.39. The average molecular weight is 349 g/mol. The Balaban J connectivity index is 1.37. The third-order valence-electron chi connectivity index (χ3n) is 5.06. The highest BCUT2D eigenvalue weighted by atomic mass is 35.5. The molecule has 5 nitrogen and oxygen atoms in total. The maximum Gasteiger partial charge on any atom is 0.246 e. The van der Waals surface area contributed by atoms with Crippen molar-refractivity contribution in [2.24, 2.45) is 0 Å². The summed E-state index contributed by atoms with van der Waals surface area (Å²) in [6.45, 7) is 4.29. The van der Waals surface area contributed by atoms with Crippen LogP contribution in [-0.2, 0) is 9.53 Å². The van der Waals surface area contributed by atoms with Crippen LogP contribution in [0.15, 0.2) is 23.8 Å². The average Bonchev–Trinajstić information content (AvgIpc) is 2.59. The molecule has 1 spiro atoms. The summed E-state index contributed by atoms with van der Waals surface area (Å²) in [7, 11) is 0. The number of ether oxygens (including phenoxy) is 2. The number of amides is 1. The number of hydrogen-bond acceptors (Lipinski definition) is 4. The van der Waals surface area contributed by atoms with Gasteiger partial charge in [-0.2, -0.15) is 0 Å². The monoisotopic (exact) mass is 348 g/mol. The van der Waals surface area contributed by atoms with Gasteiger partial charge in [0, 0.05) is 36.8 Å². The van der Waals surface area contributed by atoms with Gasteiger partial charge in [-0.3, -0.25) is 9.69 Å². The molecule has 0 bridgehead atoms. The van der Waals surface area contributed by atoms with Gasteiger partial charge in [0.2, 0.25) is 5.91 Å². The van der Waals surface area contributed by atoms with Gasteiger partial charge in [-0.05, 0) is 42.7 Å². The lowest BCUT2D eigenvalue weighted by atomic mass is 9.89. The number of rotatable bonds is 2. The first-order chi connectivity index (χ1) is 11.6. The summed E-state index contributed by atoms with van der Waals surface area (Å²) in [4.78, 5) is 13.7. The predicted octanol–water partition coefficient (Wildman–Crippen LogP) is 2.10. The van der Waals surface area contributed by atoms with Crippen molar-refractivity contribution in [2.75, 3.05) is 39.4 Å². The van der Waals surface area contributed by atoms with E-state index in [1.807, 2.05) is 18.2 Å². The van der Waals surface area contributed by atoms with Crippen LogP contribution in [0.3, 0.4) is 0 Å². The Morgan fingerprint density at radius 1 is 1.25 bits per heavy atom. The molecular weight excluding hydrogens is 328 g/mol.